The van der Waals surface area contributed by atoms with Crippen LogP contribution in [0.25, 0.3) is 0 Å². The minimum atomic E-state index is -4.30. The molecule has 0 atom stereocenters. The second kappa shape index (κ2) is 9.62. The van der Waals surface area contributed by atoms with E-state index in [1.807, 2.05) is 0 Å². The van der Waals surface area contributed by atoms with Gasteiger partial charge in [0.2, 0.25) is 0 Å². The van der Waals surface area contributed by atoms with Crippen LogP contribution in [-0.2, 0) is 17.5 Å². The quantitative estimate of drug-likeness (QED) is 0.383. The number of nitrogens with zero attached hydrogens (tertiary/aromatic N) is 3. The molecule has 0 amide bonds. The van der Waals surface area contributed by atoms with E-state index in [4.69, 9.17) is 4.74 Å². The van der Waals surface area contributed by atoms with Gasteiger partial charge in [-0.1, -0.05) is 25.1 Å². The number of ether oxygens (including phenoxy) is 1. The molecule has 9 heteroatoms. The third-order valence-electron chi connectivity index (χ3n) is 5.12. The molecular formula is C19H28F3IN4O. The maximum atomic E-state index is 12.9. The third-order valence-corrected chi connectivity index (χ3v) is 5.12. The SMILES string of the molecule is CN=C(NCC1(C)COC1)N1CCN(Cc2cccc(C(F)(F)F)c2)CC1.I. The molecule has 28 heavy (non-hydrogen) atoms. The van der Waals surface area contributed by atoms with Gasteiger partial charge in [0.1, 0.15) is 0 Å². The number of halogens is 4. The molecule has 2 fully saturated rings. The van der Waals surface area contributed by atoms with Crippen molar-refractivity contribution in [3.8, 4) is 0 Å². The average molecular weight is 512 g/mol. The second-order valence-corrected chi connectivity index (χ2v) is 7.67. The summed E-state index contributed by atoms with van der Waals surface area (Å²) < 4.78 is 43.9. The smallest absolute Gasteiger partial charge is 0.380 e. The van der Waals surface area contributed by atoms with E-state index >= 15 is 0 Å². The zero-order chi connectivity index (χ0) is 19.5. The Morgan fingerprint density at radius 3 is 2.43 bits per heavy atom. The van der Waals surface area contributed by atoms with Crippen molar-refractivity contribution in [2.75, 3.05) is 53.0 Å². The van der Waals surface area contributed by atoms with E-state index in [0.717, 1.165) is 58.0 Å². The van der Waals surface area contributed by atoms with Gasteiger partial charge in [0, 0.05) is 51.7 Å². The van der Waals surface area contributed by atoms with Crippen molar-refractivity contribution in [2.24, 2.45) is 10.4 Å². The fraction of sp³-hybridized carbons (Fsp3) is 0.632. The lowest BCUT2D eigenvalue weighted by atomic mass is 9.89. The van der Waals surface area contributed by atoms with Gasteiger partial charge in [-0.05, 0) is 11.6 Å². The molecule has 0 aromatic heterocycles. The van der Waals surface area contributed by atoms with Gasteiger partial charge in [-0.2, -0.15) is 13.2 Å². The van der Waals surface area contributed by atoms with E-state index in [9.17, 15) is 13.2 Å². The Kier molecular flexibility index (Phi) is 7.97. The maximum absolute atomic E-state index is 12.9. The van der Waals surface area contributed by atoms with Crippen molar-refractivity contribution in [1.82, 2.24) is 15.1 Å². The van der Waals surface area contributed by atoms with Gasteiger partial charge in [0.05, 0.1) is 18.8 Å². The molecule has 3 rings (SSSR count). The summed E-state index contributed by atoms with van der Waals surface area (Å²) in [6.07, 6.45) is -4.30. The molecule has 2 aliphatic rings. The summed E-state index contributed by atoms with van der Waals surface area (Å²) >= 11 is 0. The van der Waals surface area contributed by atoms with Crippen LogP contribution in [0, 0.1) is 5.41 Å². The van der Waals surface area contributed by atoms with E-state index in [2.05, 4.69) is 27.0 Å². The lowest BCUT2D eigenvalue weighted by molar-refractivity contribution is -0.137. The van der Waals surface area contributed by atoms with Gasteiger partial charge in [-0.25, -0.2) is 0 Å². The first kappa shape index (κ1) is 23.2. The number of benzene rings is 1. The van der Waals surface area contributed by atoms with Crippen LogP contribution < -0.4 is 5.32 Å². The van der Waals surface area contributed by atoms with Crippen LogP contribution in [0.3, 0.4) is 0 Å². The zero-order valence-electron chi connectivity index (χ0n) is 16.3. The van der Waals surface area contributed by atoms with E-state index < -0.39 is 11.7 Å². The Balaban J connectivity index is 0.00000280. The van der Waals surface area contributed by atoms with Crippen molar-refractivity contribution in [2.45, 2.75) is 19.6 Å². The molecule has 0 aliphatic carbocycles. The summed E-state index contributed by atoms with van der Waals surface area (Å²) in [4.78, 5) is 8.75. The molecule has 2 heterocycles. The van der Waals surface area contributed by atoms with E-state index in [-0.39, 0.29) is 29.4 Å². The molecule has 1 N–H and O–H groups in total. The fourth-order valence-corrected chi connectivity index (χ4v) is 3.40. The first-order chi connectivity index (χ1) is 12.8. The number of guanidine groups is 1. The molecule has 5 nitrogen and oxygen atoms in total. The van der Waals surface area contributed by atoms with Crippen LogP contribution in [-0.4, -0.2) is 68.7 Å². The van der Waals surface area contributed by atoms with Crippen LogP contribution in [0.1, 0.15) is 18.1 Å². The first-order valence-corrected chi connectivity index (χ1v) is 9.21. The molecular weight excluding hydrogens is 484 g/mol. The Morgan fingerprint density at radius 1 is 1.21 bits per heavy atom. The molecule has 0 radical (unpaired) electrons. The van der Waals surface area contributed by atoms with Gasteiger partial charge >= 0.3 is 6.18 Å². The van der Waals surface area contributed by atoms with Gasteiger partial charge in [-0.3, -0.25) is 9.89 Å². The molecule has 0 saturated carbocycles. The second-order valence-electron chi connectivity index (χ2n) is 7.67. The van der Waals surface area contributed by atoms with Crippen molar-refractivity contribution < 1.29 is 17.9 Å². The van der Waals surface area contributed by atoms with Crippen molar-refractivity contribution in [3.63, 3.8) is 0 Å². The van der Waals surface area contributed by atoms with Gasteiger partial charge in [-0.15, -0.1) is 24.0 Å². The molecule has 0 unspecified atom stereocenters. The van der Waals surface area contributed by atoms with Crippen molar-refractivity contribution in [1.29, 1.82) is 0 Å². The lowest BCUT2D eigenvalue weighted by Crippen LogP contribution is -2.55. The normalized spacial score (nSPS) is 20.3. The third kappa shape index (κ3) is 5.96. The fourth-order valence-electron chi connectivity index (χ4n) is 3.40. The number of alkyl halides is 3. The molecule has 158 valence electrons. The van der Waals surface area contributed by atoms with Crippen LogP contribution in [0.2, 0.25) is 0 Å². The van der Waals surface area contributed by atoms with E-state index in [1.54, 1.807) is 13.1 Å². The number of hydrogen-bond donors (Lipinski definition) is 1. The average Bonchev–Trinajstić information content (AvgIpc) is 2.61. The summed E-state index contributed by atoms with van der Waals surface area (Å²) in [5.74, 6) is 0.877. The maximum Gasteiger partial charge on any atom is 0.416 e. The number of nitrogens with one attached hydrogen (secondary N) is 1. The van der Waals surface area contributed by atoms with Crippen LogP contribution >= 0.6 is 24.0 Å². The number of hydrogen-bond acceptors (Lipinski definition) is 3. The van der Waals surface area contributed by atoms with Gasteiger partial charge < -0.3 is 15.0 Å². The summed E-state index contributed by atoms with van der Waals surface area (Å²) in [6, 6.07) is 5.59. The minimum absolute atomic E-state index is 0. The summed E-state index contributed by atoms with van der Waals surface area (Å²) in [6.45, 7) is 8.24. The highest BCUT2D eigenvalue weighted by molar-refractivity contribution is 14.0. The summed E-state index contributed by atoms with van der Waals surface area (Å²) in [5.41, 5.74) is 0.275. The topological polar surface area (TPSA) is 40.1 Å². The number of rotatable bonds is 4. The Morgan fingerprint density at radius 2 is 1.89 bits per heavy atom. The van der Waals surface area contributed by atoms with Crippen LogP contribution in [0.5, 0.6) is 0 Å². The number of aliphatic imine (C=N–C) groups is 1. The first-order valence-electron chi connectivity index (χ1n) is 9.21. The predicted molar refractivity (Wildman–Crippen MR) is 114 cm³/mol. The monoisotopic (exact) mass is 512 g/mol. The standard InChI is InChI=1S/C19H27F3N4O.HI/c1-18(13-27-14-18)12-24-17(23-2)26-8-6-25(7-9-26)11-15-4-3-5-16(10-15)19(20,21)22;/h3-5,10H,6-9,11-14H2,1-2H3,(H,23,24);1H. The minimum Gasteiger partial charge on any atom is -0.380 e. The van der Waals surface area contributed by atoms with Gasteiger partial charge in [0.15, 0.2) is 5.96 Å². The summed E-state index contributed by atoms with van der Waals surface area (Å²) in [7, 11) is 1.77. The van der Waals surface area contributed by atoms with Gasteiger partial charge in [0.25, 0.3) is 0 Å². The highest BCUT2D eigenvalue weighted by atomic mass is 127. The molecule has 2 aliphatic heterocycles. The van der Waals surface area contributed by atoms with Crippen molar-refractivity contribution in [3.05, 3.63) is 35.4 Å². The lowest BCUT2D eigenvalue weighted by Gasteiger charge is -2.41. The molecule has 2 saturated heterocycles. The zero-order valence-corrected chi connectivity index (χ0v) is 18.6. The Hall–Kier alpha value is -1.07. The van der Waals surface area contributed by atoms with Crippen molar-refractivity contribution >= 4 is 29.9 Å². The molecule has 0 spiro atoms. The van der Waals surface area contributed by atoms with E-state index in [1.165, 1.54) is 12.1 Å². The number of piperazine rings is 1. The molecule has 1 aromatic carbocycles. The highest BCUT2D eigenvalue weighted by Gasteiger charge is 2.34. The van der Waals surface area contributed by atoms with Crippen LogP contribution in [0.4, 0.5) is 13.2 Å². The Bertz CT molecular complexity index is 671. The molecule has 1 aromatic rings. The largest absolute Gasteiger partial charge is 0.416 e. The predicted octanol–water partition coefficient (Wildman–Crippen LogP) is 3.05. The summed E-state index contributed by atoms with van der Waals surface area (Å²) in [5, 5.41) is 3.42. The Labute approximate surface area is 181 Å². The molecule has 0 bridgehead atoms. The highest BCUT2D eigenvalue weighted by Crippen LogP contribution is 2.30. The van der Waals surface area contributed by atoms with E-state index in [0.29, 0.717) is 12.1 Å². The van der Waals surface area contributed by atoms with Crippen LogP contribution in [0.15, 0.2) is 29.3 Å².